The maximum Gasteiger partial charge on any atom is 0.0900 e. The first kappa shape index (κ1) is 16.5. The Hall–Kier alpha value is -0.460. The Bertz CT molecular complexity index is 187. The highest BCUT2D eigenvalue weighted by Crippen LogP contribution is 1.99. The van der Waals surface area contributed by atoms with Gasteiger partial charge in [-0.15, -0.1) is 6.58 Å². The maximum atomic E-state index is 9.71. The second kappa shape index (κ2) is 9.56. The summed E-state index contributed by atoms with van der Waals surface area (Å²) in [5, 5.41) is 28.3. The molecule has 0 aromatic rings. The first-order chi connectivity index (χ1) is 7.95. The van der Waals surface area contributed by atoms with Gasteiger partial charge in [0.15, 0.2) is 0 Å². The number of aliphatic hydroxyl groups excluding tert-OH is 3. The summed E-state index contributed by atoms with van der Waals surface area (Å²) < 4.78 is 5.14. The number of rotatable bonds is 10. The molecule has 3 unspecified atom stereocenters. The van der Waals surface area contributed by atoms with Crippen LogP contribution in [0.3, 0.4) is 0 Å². The molecule has 0 spiro atoms. The normalized spacial score (nSPS) is 16.8. The Morgan fingerprint density at radius 2 is 1.65 bits per heavy atom. The molecule has 0 saturated carbocycles. The van der Waals surface area contributed by atoms with E-state index in [1.165, 1.54) is 0 Å². The molecule has 0 aromatic carbocycles. The fourth-order valence-corrected chi connectivity index (χ4v) is 1.61. The summed E-state index contributed by atoms with van der Waals surface area (Å²) in [6, 6.07) is 0. The minimum Gasteiger partial charge on any atom is -0.392 e. The molecule has 0 fully saturated rings. The lowest BCUT2D eigenvalue weighted by Gasteiger charge is -2.27. The first-order valence-electron chi connectivity index (χ1n) is 5.90. The van der Waals surface area contributed by atoms with Crippen LogP contribution in [0, 0.1) is 0 Å². The highest BCUT2D eigenvalue weighted by molar-refractivity contribution is 4.70. The molecule has 3 N–H and O–H groups in total. The minimum absolute atomic E-state index is 0.224. The van der Waals surface area contributed by atoms with Crippen LogP contribution in [0.25, 0.3) is 0 Å². The van der Waals surface area contributed by atoms with E-state index in [0.717, 1.165) is 0 Å². The quantitative estimate of drug-likeness (QED) is 0.362. The van der Waals surface area contributed by atoms with Crippen molar-refractivity contribution < 1.29 is 20.1 Å². The van der Waals surface area contributed by atoms with E-state index in [0.29, 0.717) is 26.2 Å². The molecule has 0 aromatic heterocycles. The van der Waals surface area contributed by atoms with E-state index in [9.17, 15) is 15.3 Å². The molecule has 0 saturated heterocycles. The number of aliphatic hydroxyl groups is 3. The van der Waals surface area contributed by atoms with Crippen LogP contribution in [0.5, 0.6) is 0 Å². The van der Waals surface area contributed by atoms with Gasteiger partial charge >= 0.3 is 0 Å². The van der Waals surface area contributed by atoms with Gasteiger partial charge in [0.05, 0.1) is 31.5 Å². The van der Waals surface area contributed by atoms with Crippen LogP contribution in [0.4, 0.5) is 0 Å². The minimum atomic E-state index is -0.632. The van der Waals surface area contributed by atoms with Crippen molar-refractivity contribution in [3.05, 3.63) is 12.7 Å². The third-order valence-corrected chi connectivity index (χ3v) is 2.06. The van der Waals surface area contributed by atoms with E-state index in [2.05, 4.69) is 6.58 Å². The Balaban J connectivity index is 3.98. The molecule has 5 heteroatoms. The molecule has 102 valence electrons. The summed E-state index contributed by atoms with van der Waals surface area (Å²) in [6.45, 7) is 8.71. The fraction of sp³-hybridized carbons (Fsp3) is 0.833. The molecule has 0 radical (unpaired) electrons. The summed E-state index contributed by atoms with van der Waals surface area (Å²) in [6.07, 6.45) is 0.00772. The van der Waals surface area contributed by atoms with Crippen molar-refractivity contribution in [1.29, 1.82) is 0 Å². The van der Waals surface area contributed by atoms with E-state index in [1.807, 2.05) is 4.90 Å². The van der Waals surface area contributed by atoms with Gasteiger partial charge < -0.3 is 20.1 Å². The predicted octanol–water partition coefficient (Wildman–Crippen LogP) is -0.386. The van der Waals surface area contributed by atoms with E-state index in [-0.39, 0.29) is 6.61 Å². The summed E-state index contributed by atoms with van der Waals surface area (Å²) in [4.78, 5) is 1.82. The lowest BCUT2D eigenvalue weighted by Crippen LogP contribution is -2.42. The third kappa shape index (κ3) is 10.4. The van der Waals surface area contributed by atoms with Crippen molar-refractivity contribution in [3.8, 4) is 0 Å². The first-order valence-corrected chi connectivity index (χ1v) is 5.90. The van der Waals surface area contributed by atoms with Gasteiger partial charge in [0.1, 0.15) is 0 Å². The van der Waals surface area contributed by atoms with Crippen molar-refractivity contribution in [2.24, 2.45) is 0 Å². The van der Waals surface area contributed by atoms with Gasteiger partial charge in [0.25, 0.3) is 0 Å². The smallest absolute Gasteiger partial charge is 0.0900 e. The van der Waals surface area contributed by atoms with Crippen LogP contribution in [0.2, 0.25) is 0 Å². The molecule has 17 heavy (non-hydrogen) atoms. The van der Waals surface area contributed by atoms with E-state index < -0.39 is 18.3 Å². The number of hydrogen-bond acceptors (Lipinski definition) is 5. The summed E-state index contributed by atoms with van der Waals surface area (Å²) in [7, 11) is 0. The average molecular weight is 247 g/mol. The maximum absolute atomic E-state index is 9.71. The molecule has 0 heterocycles. The van der Waals surface area contributed by atoms with Crippen molar-refractivity contribution in [3.63, 3.8) is 0 Å². The SMILES string of the molecule is C=CCOCC(O)CN(CC(C)O)CC(C)O. The Morgan fingerprint density at radius 3 is 2.06 bits per heavy atom. The third-order valence-electron chi connectivity index (χ3n) is 2.06. The van der Waals surface area contributed by atoms with E-state index in [4.69, 9.17) is 4.74 Å². The predicted molar refractivity (Wildman–Crippen MR) is 66.8 cm³/mol. The van der Waals surface area contributed by atoms with Gasteiger partial charge in [-0.1, -0.05) is 6.08 Å². The van der Waals surface area contributed by atoms with Gasteiger partial charge in [-0.3, -0.25) is 4.90 Å². The Kier molecular flexibility index (Phi) is 9.30. The van der Waals surface area contributed by atoms with Crippen LogP contribution >= 0.6 is 0 Å². The summed E-state index contributed by atoms with van der Waals surface area (Å²) in [5.74, 6) is 0. The van der Waals surface area contributed by atoms with Crippen molar-refractivity contribution in [1.82, 2.24) is 4.90 Å². The lowest BCUT2D eigenvalue weighted by atomic mass is 10.2. The Morgan fingerprint density at radius 1 is 1.12 bits per heavy atom. The van der Waals surface area contributed by atoms with Crippen LogP contribution < -0.4 is 0 Å². The second-order valence-electron chi connectivity index (χ2n) is 4.40. The van der Waals surface area contributed by atoms with Gasteiger partial charge in [-0.05, 0) is 13.8 Å². The number of hydrogen-bond donors (Lipinski definition) is 3. The molecule has 3 atom stereocenters. The van der Waals surface area contributed by atoms with E-state index >= 15 is 0 Å². The van der Waals surface area contributed by atoms with Crippen molar-refractivity contribution in [2.45, 2.75) is 32.2 Å². The van der Waals surface area contributed by atoms with Crippen LogP contribution in [0.1, 0.15) is 13.8 Å². The molecule has 0 aliphatic heterocycles. The molecular weight excluding hydrogens is 222 g/mol. The summed E-state index contributed by atoms with van der Waals surface area (Å²) >= 11 is 0. The van der Waals surface area contributed by atoms with Crippen LogP contribution in [-0.4, -0.2) is 71.4 Å². The highest BCUT2D eigenvalue weighted by atomic mass is 16.5. The molecule has 0 aliphatic rings. The monoisotopic (exact) mass is 247 g/mol. The van der Waals surface area contributed by atoms with Crippen LogP contribution in [0.15, 0.2) is 12.7 Å². The van der Waals surface area contributed by atoms with Gasteiger partial charge in [0, 0.05) is 19.6 Å². The van der Waals surface area contributed by atoms with Crippen LogP contribution in [-0.2, 0) is 4.74 Å². The standard InChI is InChI=1S/C12H25NO4/c1-4-5-17-9-12(16)8-13(6-10(2)14)7-11(3)15/h4,10-12,14-16H,1,5-9H2,2-3H3. The van der Waals surface area contributed by atoms with Crippen molar-refractivity contribution >= 4 is 0 Å². The van der Waals surface area contributed by atoms with E-state index in [1.54, 1.807) is 19.9 Å². The Labute approximate surface area is 103 Å². The summed E-state index contributed by atoms with van der Waals surface area (Å²) in [5.41, 5.74) is 0. The molecular formula is C12H25NO4. The molecule has 5 nitrogen and oxygen atoms in total. The molecule has 0 rings (SSSR count). The number of ether oxygens (including phenoxy) is 1. The number of nitrogens with zero attached hydrogens (tertiary/aromatic N) is 1. The largest absolute Gasteiger partial charge is 0.392 e. The fourth-order valence-electron chi connectivity index (χ4n) is 1.61. The zero-order valence-electron chi connectivity index (χ0n) is 10.7. The molecule has 0 amide bonds. The molecule has 0 bridgehead atoms. The van der Waals surface area contributed by atoms with Gasteiger partial charge in [0.2, 0.25) is 0 Å². The second-order valence-corrected chi connectivity index (χ2v) is 4.40. The van der Waals surface area contributed by atoms with Crippen molar-refractivity contribution in [2.75, 3.05) is 32.8 Å². The highest BCUT2D eigenvalue weighted by Gasteiger charge is 2.15. The topological polar surface area (TPSA) is 73.2 Å². The van der Waals surface area contributed by atoms with Gasteiger partial charge in [-0.2, -0.15) is 0 Å². The zero-order chi connectivity index (χ0) is 13.3. The lowest BCUT2D eigenvalue weighted by molar-refractivity contribution is 0.00648. The van der Waals surface area contributed by atoms with Gasteiger partial charge in [-0.25, -0.2) is 0 Å². The average Bonchev–Trinajstić information content (AvgIpc) is 2.15. The molecule has 0 aliphatic carbocycles. The zero-order valence-corrected chi connectivity index (χ0v) is 10.7.